The van der Waals surface area contributed by atoms with E-state index in [1.165, 1.54) is 16.7 Å². The van der Waals surface area contributed by atoms with Crippen LogP contribution in [0.1, 0.15) is 11.1 Å². The Bertz CT molecular complexity index is 801. The molecule has 0 saturated carbocycles. The Morgan fingerprint density at radius 1 is 1.09 bits per heavy atom. The van der Waals surface area contributed by atoms with Crippen molar-refractivity contribution in [3.05, 3.63) is 59.0 Å². The average Bonchev–Trinajstić information content (AvgIpc) is 2.98. The number of nitrogens with one attached hydrogen (secondary N) is 1. The standard InChI is InChI=1S/C18H18N2OS.BrH/c1-12-7-8-13(2)16(9-12)17-11-22-18(20-17)19-14-5-4-6-15(10-14)21-3;/h4-11H,1-3H3,(H,19,20);1H. The first kappa shape index (κ1) is 17.5. The van der Waals surface area contributed by atoms with Crippen molar-refractivity contribution in [2.75, 3.05) is 12.4 Å². The highest BCUT2D eigenvalue weighted by atomic mass is 79.9. The highest BCUT2D eigenvalue weighted by molar-refractivity contribution is 8.93. The van der Waals surface area contributed by atoms with Crippen molar-refractivity contribution in [2.24, 2.45) is 0 Å². The van der Waals surface area contributed by atoms with Gasteiger partial charge in [0.2, 0.25) is 0 Å². The number of rotatable bonds is 4. The number of aryl methyl sites for hydroxylation is 2. The predicted molar refractivity (Wildman–Crippen MR) is 104 cm³/mol. The smallest absolute Gasteiger partial charge is 0.187 e. The van der Waals surface area contributed by atoms with Crippen LogP contribution in [0.5, 0.6) is 5.75 Å². The van der Waals surface area contributed by atoms with Crippen molar-refractivity contribution in [1.29, 1.82) is 0 Å². The summed E-state index contributed by atoms with van der Waals surface area (Å²) in [4.78, 5) is 4.70. The number of ether oxygens (including phenoxy) is 1. The van der Waals surface area contributed by atoms with E-state index in [-0.39, 0.29) is 17.0 Å². The molecule has 0 atom stereocenters. The molecule has 0 radical (unpaired) electrons. The molecule has 0 aliphatic heterocycles. The van der Waals surface area contributed by atoms with Gasteiger partial charge in [-0.1, -0.05) is 23.8 Å². The lowest BCUT2D eigenvalue weighted by molar-refractivity contribution is 0.415. The summed E-state index contributed by atoms with van der Waals surface area (Å²) in [6.45, 7) is 4.22. The van der Waals surface area contributed by atoms with E-state index in [4.69, 9.17) is 9.72 Å². The van der Waals surface area contributed by atoms with Crippen molar-refractivity contribution < 1.29 is 4.74 Å². The lowest BCUT2D eigenvalue weighted by atomic mass is 10.0. The maximum atomic E-state index is 5.24. The van der Waals surface area contributed by atoms with E-state index in [0.29, 0.717) is 0 Å². The molecule has 0 saturated heterocycles. The maximum absolute atomic E-state index is 5.24. The molecule has 23 heavy (non-hydrogen) atoms. The lowest BCUT2D eigenvalue weighted by Crippen LogP contribution is -1.91. The fourth-order valence-corrected chi connectivity index (χ4v) is 3.02. The zero-order valence-corrected chi connectivity index (χ0v) is 15.8. The molecule has 0 unspecified atom stereocenters. The molecule has 5 heteroatoms. The monoisotopic (exact) mass is 390 g/mol. The van der Waals surface area contributed by atoms with E-state index < -0.39 is 0 Å². The minimum absolute atomic E-state index is 0. The molecule has 2 aromatic carbocycles. The van der Waals surface area contributed by atoms with Crippen molar-refractivity contribution in [1.82, 2.24) is 4.98 Å². The highest BCUT2D eigenvalue weighted by Gasteiger charge is 2.08. The van der Waals surface area contributed by atoms with E-state index in [2.05, 4.69) is 42.7 Å². The molecule has 3 rings (SSSR count). The second kappa shape index (κ2) is 7.62. The van der Waals surface area contributed by atoms with Gasteiger partial charge in [0.05, 0.1) is 12.8 Å². The molecule has 0 amide bonds. The van der Waals surface area contributed by atoms with Crippen LogP contribution in [-0.2, 0) is 0 Å². The largest absolute Gasteiger partial charge is 0.497 e. The van der Waals surface area contributed by atoms with Crippen molar-refractivity contribution in [3.63, 3.8) is 0 Å². The van der Waals surface area contributed by atoms with Gasteiger partial charge in [-0.3, -0.25) is 0 Å². The molecule has 0 fully saturated rings. The number of benzene rings is 2. The third-order valence-electron chi connectivity index (χ3n) is 3.49. The van der Waals surface area contributed by atoms with Gasteiger partial charge in [0.25, 0.3) is 0 Å². The van der Waals surface area contributed by atoms with Gasteiger partial charge < -0.3 is 10.1 Å². The van der Waals surface area contributed by atoms with E-state index in [9.17, 15) is 0 Å². The minimum Gasteiger partial charge on any atom is -0.497 e. The first-order valence-electron chi connectivity index (χ1n) is 7.10. The average molecular weight is 391 g/mol. The van der Waals surface area contributed by atoms with Gasteiger partial charge in [0.15, 0.2) is 5.13 Å². The summed E-state index contributed by atoms with van der Waals surface area (Å²) in [7, 11) is 1.67. The zero-order valence-electron chi connectivity index (χ0n) is 13.3. The molecule has 0 bridgehead atoms. The lowest BCUT2D eigenvalue weighted by Gasteiger charge is -2.05. The molecule has 0 aliphatic carbocycles. The number of hydrogen-bond acceptors (Lipinski definition) is 4. The molecular formula is C18H19BrN2OS. The van der Waals surface area contributed by atoms with Crippen molar-refractivity contribution in [2.45, 2.75) is 13.8 Å². The fourth-order valence-electron chi connectivity index (χ4n) is 2.29. The van der Waals surface area contributed by atoms with E-state index in [0.717, 1.165) is 22.3 Å². The van der Waals surface area contributed by atoms with Gasteiger partial charge in [-0.15, -0.1) is 28.3 Å². The summed E-state index contributed by atoms with van der Waals surface area (Å²) < 4.78 is 5.24. The Morgan fingerprint density at radius 2 is 1.91 bits per heavy atom. The normalized spacial score (nSPS) is 10.0. The zero-order chi connectivity index (χ0) is 15.5. The molecule has 1 aromatic heterocycles. The second-order valence-corrected chi connectivity index (χ2v) is 6.07. The SMILES string of the molecule is Br.COc1cccc(Nc2nc(-c3cc(C)ccc3C)cs2)c1. The molecule has 1 N–H and O–H groups in total. The Balaban J connectivity index is 0.00000192. The van der Waals surface area contributed by atoms with E-state index in [1.54, 1.807) is 18.4 Å². The maximum Gasteiger partial charge on any atom is 0.187 e. The molecule has 120 valence electrons. The number of hydrogen-bond donors (Lipinski definition) is 1. The number of methoxy groups -OCH3 is 1. The van der Waals surface area contributed by atoms with Crippen molar-refractivity contribution in [3.8, 4) is 17.0 Å². The third kappa shape index (κ3) is 4.12. The highest BCUT2D eigenvalue weighted by Crippen LogP contribution is 2.30. The molecule has 0 spiro atoms. The summed E-state index contributed by atoms with van der Waals surface area (Å²) in [6.07, 6.45) is 0. The Morgan fingerprint density at radius 3 is 2.70 bits per heavy atom. The van der Waals surface area contributed by atoms with Crippen LogP contribution in [0.4, 0.5) is 10.8 Å². The fraction of sp³-hybridized carbons (Fsp3) is 0.167. The first-order valence-corrected chi connectivity index (χ1v) is 7.98. The van der Waals surface area contributed by atoms with E-state index in [1.807, 2.05) is 24.3 Å². The Labute approximate surface area is 151 Å². The van der Waals surface area contributed by atoms with Crippen LogP contribution in [0, 0.1) is 13.8 Å². The van der Waals surface area contributed by atoms with Crippen LogP contribution in [0.15, 0.2) is 47.8 Å². The topological polar surface area (TPSA) is 34.1 Å². The van der Waals surface area contributed by atoms with E-state index >= 15 is 0 Å². The summed E-state index contributed by atoms with van der Waals surface area (Å²) in [6, 6.07) is 14.3. The van der Waals surface area contributed by atoms with Crippen molar-refractivity contribution >= 4 is 39.1 Å². The van der Waals surface area contributed by atoms with Gasteiger partial charge in [-0.2, -0.15) is 0 Å². The van der Waals surface area contributed by atoms with Gasteiger partial charge in [-0.05, 0) is 37.6 Å². The second-order valence-electron chi connectivity index (χ2n) is 5.21. The van der Waals surface area contributed by atoms with Gasteiger partial charge in [0, 0.05) is 22.7 Å². The first-order chi connectivity index (χ1) is 10.7. The van der Waals surface area contributed by atoms with Crippen LogP contribution in [0.2, 0.25) is 0 Å². The molecular weight excluding hydrogens is 372 g/mol. The third-order valence-corrected chi connectivity index (χ3v) is 4.25. The minimum atomic E-state index is 0. The van der Waals surface area contributed by atoms with Crippen LogP contribution in [0.3, 0.4) is 0 Å². The predicted octanol–water partition coefficient (Wildman–Crippen LogP) is 5.76. The number of anilines is 2. The quantitative estimate of drug-likeness (QED) is 0.614. The van der Waals surface area contributed by atoms with Crippen LogP contribution in [0.25, 0.3) is 11.3 Å². The van der Waals surface area contributed by atoms with Gasteiger partial charge >= 0.3 is 0 Å². The number of nitrogens with zero attached hydrogens (tertiary/aromatic N) is 1. The number of thiazole rings is 1. The van der Waals surface area contributed by atoms with Gasteiger partial charge in [0.1, 0.15) is 5.75 Å². The Hall–Kier alpha value is -1.85. The summed E-state index contributed by atoms with van der Waals surface area (Å²) in [5, 5.41) is 6.30. The molecule has 0 aliphatic rings. The summed E-state index contributed by atoms with van der Waals surface area (Å²) in [5.74, 6) is 0.830. The van der Waals surface area contributed by atoms with Crippen LogP contribution in [-0.4, -0.2) is 12.1 Å². The van der Waals surface area contributed by atoms with Crippen LogP contribution >= 0.6 is 28.3 Å². The molecule has 3 nitrogen and oxygen atoms in total. The number of aromatic nitrogens is 1. The number of halogens is 1. The van der Waals surface area contributed by atoms with Gasteiger partial charge in [-0.25, -0.2) is 4.98 Å². The molecule has 1 heterocycles. The summed E-state index contributed by atoms with van der Waals surface area (Å²) >= 11 is 1.60. The molecule has 3 aromatic rings. The van der Waals surface area contributed by atoms with Crippen LogP contribution < -0.4 is 10.1 Å². The summed E-state index contributed by atoms with van der Waals surface area (Å²) in [5.41, 5.74) is 5.66. The Kier molecular flexibility index (Phi) is 5.80.